The van der Waals surface area contributed by atoms with E-state index in [9.17, 15) is 8.78 Å². The van der Waals surface area contributed by atoms with Crippen molar-refractivity contribution in [2.75, 3.05) is 19.8 Å². The SMILES string of the molecule is CCNC(COCCC1CC1)c1cccc(F)c1F. The van der Waals surface area contributed by atoms with Crippen LogP contribution in [-0.2, 0) is 4.74 Å². The number of halogens is 2. The van der Waals surface area contributed by atoms with Crippen molar-refractivity contribution in [1.82, 2.24) is 5.32 Å². The molecular formula is C15H21F2NO. The van der Waals surface area contributed by atoms with E-state index >= 15 is 0 Å². The third-order valence-electron chi connectivity index (χ3n) is 3.46. The van der Waals surface area contributed by atoms with Crippen LogP contribution in [0.3, 0.4) is 0 Å². The molecule has 1 aromatic rings. The maximum atomic E-state index is 13.8. The van der Waals surface area contributed by atoms with Crippen molar-refractivity contribution < 1.29 is 13.5 Å². The maximum Gasteiger partial charge on any atom is 0.163 e. The molecule has 0 amide bonds. The zero-order valence-electron chi connectivity index (χ0n) is 11.3. The molecule has 2 nitrogen and oxygen atoms in total. The summed E-state index contributed by atoms with van der Waals surface area (Å²) in [6.45, 7) is 3.70. The highest BCUT2D eigenvalue weighted by Crippen LogP contribution is 2.32. The predicted octanol–water partition coefficient (Wildman–Crippen LogP) is 3.43. The first-order chi connectivity index (χ1) is 9.22. The zero-order valence-corrected chi connectivity index (χ0v) is 11.3. The topological polar surface area (TPSA) is 21.3 Å². The standard InChI is InChI=1S/C15H21F2NO/c1-2-18-14(10-19-9-8-11-6-7-11)12-4-3-5-13(16)15(12)17/h3-5,11,14,18H,2,6-10H2,1H3. The van der Waals surface area contributed by atoms with Crippen LogP contribution >= 0.6 is 0 Å². The molecular weight excluding hydrogens is 248 g/mol. The smallest absolute Gasteiger partial charge is 0.163 e. The molecule has 4 heteroatoms. The van der Waals surface area contributed by atoms with Crippen molar-refractivity contribution in [3.05, 3.63) is 35.4 Å². The molecule has 0 saturated heterocycles. The third kappa shape index (κ3) is 4.25. The van der Waals surface area contributed by atoms with Gasteiger partial charge in [0.05, 0.1) is 12.6 Å². The Morgan fingerprint density at radius 3 is 2.84 bits per heavy atom. The second-order valence-corrected chi connectivity index (χ2v) is 5.06. The van der Waals surface area contributed by atoms with Gasteiger partial charge in [-0.15, -0.1) is 0 Å². The van der Waals surface area contributed by atoms with Crippen LogP contribution in [0.1, 0.15) is 37.8 Å². The summed E-state index contributed by atoms with van der Waals surface area (Å²) in [4.78, 5) is 0. The van der Waals surface area contributed by atoms with E-state index in [1.54, 1.807) is 6.07 Å². The van der Waals surface area contributed by atoms with Crippen molar-refractivity contribution in [1.29, 1.82) is 0 Å². The summed E-state index contributed by atoms with van der Waals surface area (Å²) >= 11 is 0. The van der Waals surface area contributed by atoms with Crippen LogP contribution in [0.4, 0.5) is 8.78 Å². The third-order valence-corrected chi connectivity index (χ3v) is 3.46. The van der Waals surface area contributed by atoms with E-state index in [0.717, 1.165) is 18.4 Å². The minimum absolute atomic E-state index is 0.292. The average Bonchev–Trinajstić information content (AvgIpc) is 3.21. The Kier molecular flexibility index (Phi) is 5.28. The Labute approximate surface area is 113 Å². The first kappa shape index (κ1) is 14.4. The predicted molar refractivity (Wildman–Crippen MR) is 70.9 cm³/mol. The van der Waals surface area contributed by atoms with Crippen molar-refractivity contribution >= 4 is 0 Å². The second kappa shape index (κ2) is 6.96. The molecule has 0 bridgehead atoms. The van der Waals surface area contributed by atoms with Crippen LogP contribution in [0.15, 0.2) is 18.2 Å². The Balaban J connectivity index is 1.91. The van der Waals surface area contributed by atoms with E-state index in [-0.39, 0.29) is 6.04 Å². The van der Waals surface area contributed by atoms with Crippen molar-refractivity contribution in [3.63, 3.8) is 0 Å². The quantitative estimate of drug-likeness (QED) is 0.730. The Bertz CT molecular complexity index is 407. The van der Waals surface area contributed by atoms with E-state index in [4.69, 9.17) is 4.74 Å². The van der Waals surface area contributed by atoms with Crippen molar-refractivity contribution in [2.45, 2.75) is 32.2 Å². The van der Waals surface area contributed by atoms with Gasteiger partial charge in [-0.25, -0.2) is 8.78 Å². The van der Waals surface area contributed by atoms with Crippen LogP contribution in [-0.4, -0.2) is 19.8 Å². The number of hydrogen-bond acceptors (Lipinski definition) is 2. The molecule has 1 fully saturated rings. The summed E-state index contributed by atoms with van der Waals surface area (Å²) in [6.07, 6.45) is 3.68. The fourth-order valence-corrected chi connectivity index (χ4v) is 2.15. The minimum Gasteiger partial charge on any atom is -0.379 e. The molecule has 0 radical (unpaired) electrons. The van der Waals surface area contributed by atoms with Crippen LogP contribution in [0.5, 0.6) is 0 Å². The molecule has 0 aromatic heterocycles. The van der Waals surface area contributed by atoms with Gasteiger partial charge < -0.3 is 10.1 Å². The number of rotatable bonds is 8. The number of likely N-dealkylation sites (N-methyl/N-ethyl adjacent to an activating group) is 1. The lowest BCUT2D eigenvalue weighted by molar-refractivity contribution is 0.105. The highest BCUT2D eigenvalue weighted by atomic mass is 19.2. The lowest BCUT2D eigenvalue weighted by Crippen LogP contribution is -2.26. The van der Waals surface area contributed by atoms with E-state index < -0.39 is 11.6 Å². The minimum atomic E-state index is -0.807. The van der Waals surface area contributed by atoms with Crippen LogP contribution < -0.4 is 5.32 Å². The molecule has 1 atom stereocenters. The van der Waals surface area contributed by atoms with Gasteiger partial charge in [-0.1, -0.05) is 31.9 Å². The van der Waals surface area contributed by atoms with Crippen LogP contribution in [0.2, 0.25) is 0 Å². The molecule has 1 unspecified atom stereocenters. The van der Waals surface area contributed by atoms with E-state index in [2.05, 4.69) is 5.32 Å². The van der Waals surface area contributed by atoms with E-state index in [1.165, 1.54) is 18.9 Å². The fraction of sp³-hybridized carbons (Fsp3) is 0.600. The molecule has 0 spiro atoms. The molecule has 2 rings (SSSR count). The molecule has 1 N–H and O–H groups in total. The van der Waals surface area contributed by atoms with Gasteiger partial charge in [-0.3, -0.25) is 0 Å². The largest absolute Gasteiger partial charge is 0.379 e. The van der Waals surface area contributed by atoms with Crippen LogP contribution in [0, 0.1) is 17.6 Å². The van der Waals surface area contributed by atoms with Gasteiger partial charge in [0, 0.05) is 12.2 Å². The molecule has 1 aliphatic carbocycles. The van der Waals surface area contributed by atoms with Crippen molar-refractivity contribution in [3.8, 4) is 0 Å². The monoisotopic (exact) mass is 269 g/mol. The lowest BCUT2D eigenvalue weighted by atomic mass is 10.1. The molecule has 106 valence electrons. The second-order valence-electron chi connectivity index (χ2n) is 5.06. The molecule has 19 heavy (non-hydrogen) atoms. The average molecular weight is 269 g/mol. The highest BCUT2D eigenvalue weighted by molar-refractivity contribution is 5.22. The van der Waals surface area contributed by atoms with E-state index in [1.807, 2.05) is 6.92 Å². The number of ether oxygens (including phenoxy) is 1. The summed E-state index contributed by atoms with van der Waals surface area (Å²) in [7, 11) is 0. The molecule has 0 heterocycles. The number of hydrogen-bond donors (Lipinski definition) is 1. The first-order valence-corrected chi connectivity index (χ1v) is 6.97. The van der Waals surface area contributed by atoms with Crippen molar-refractivity contribution in [2.24, 2.45) is 5.92 Å². The van der Waals surface area contributed by atoms with Gasteiger partial charge in [0.15, 0.2) is 11.6 Å². The molecule has 0 aliphatic heterocycles. The van der Waals surface area contributed by atoms with Gasteiger partial charge in [0.25, 0.3) is 0 Å². The summed E-state index contributed by atoms with van der Waals surface area (Å²) in [5.41, 5.74) is 0.341. The Hall–Kier alpha value is -1.00. The number of benzene rings is 1. The lowest BCUT2D eigenvalue weighted by Gasteiger charge is -2.19. The molecule has 1 aliphatic rings. The highest BCUT2D eigenvalue weighted by Gasteiger charge is 2.21. The van der Waals surface area contributed by atoms with Gasteiger partial charge in [0.1, 0.15) is 0 Å². The molecule has 1 saturated carbocycles. The van der Waals surface area contributed by atoms with E-state index in [0.29, 0.717) is 25.3 Å². The van der Waals surface area contributed by atoms with Gasteiger partial charge in [0.2, 0.25) is 0 Å². The Morgan fingerprint density at radius 2 is 2.16 bits per heavy atom. The number of nitrogens with one attached hydrogen (secondary N) is 1. The van der Waals surface area contributed by atoms with Gasteiger partial charge >= 0.3 is 0 Å². The zero-order chi connectivity index (χ0) is 13.7. The van der Waals surface area contributed by atoms with Crippen LogP contribution in [0.25, 0.3) is 0 Å². The first-order valence-electron chi connectivity index (χ1n) is 6.97. The Morgan fingerprint density at radius 1 is 1.37 bits per heavy atom. The normalized spacial score (nSPS) is 16.6. The van der Waals surface area contributed by atoms with Gasteiger partial charge in [-0.2, -0.15) is 0 Å². The maximum absolute atomic E-state index is 13.8. The summed E-state index contributed by atoms with van der Waals surface area (Å²) < 4.78 is 32.6. The summed E-state index contributed by atoms with van der Waals surface area (Å²) in [5, 5.41) is 3.14. The molecule has 1 aromatic carbocycles. The summed E-state index contributed by atoms with van der Waals surface area (Å²) in [5.74, 6) is -0.763. The van der Waals surface area contributed by atoms with Gasteiger partial charge in [-0.05, 0) is 24.9 Å². The fourth-order valence-electron chi connectivity index (χ4n) is 2.15. The summed E-state index contributed by atoms with van der Waals surface area (Å²) in [6, 6.07) is 3.98.